The average molecular weight is 272 g/mol. The molecule has 19 heavy (non-hydrogen) atoms. The number of Topliss-reactive ketones (excluding diaryl/α,β-unsaturated/α-hetero) is 1. The van der Waals surface area contributed by atoms with E-state index in [9.17, 15) is 18.0 Å². The van der Waals surface area contributed by atoms with Crippen molar-refractivity contribution < 1.29 is 22.7 Å². The first-order valence-corrected chi connectivity index (χ1v) is 6.26. The second-order valence-corrected chi connectivity index (χ2v) is 4.65. The van der Waals surface area contributed by atoms with Crippen molar-refractivity contribution in [1.82, 2.24) is 0 Å². The van der Waals surface area contributed by atoms with Crippen molar-refractivity contribution in [3.8, 4) is 0 Å². The van der Waals surface area contributed by atoms with Crippen molar-refractivity contribution in [2.45, 2.75) is 32.0 Å². The van der Waals surface area contributed by atoms with E-state index < -0.39 is 11.7 Å². The number of ketones is 1. The lowest BCUT2D eigenvalue weighted by Gasteiger charge is -2.16. The van der Waals surface area contributed by atoms with Gasteiger partial charge in [-0.15, -0.1) is 0 Å². The fourth-order valence-corrected chi connectivity index (χ4v) is 2.39. The second-order valence-electron chi connectivity index (χ2n) is 4.65. The van der Waals surface area contributed by atoms with E-state index in [4.69, 9.17) is 4.74 Å². The van der Waals surface area contributed by atoms with E-state index in [0.29, 0.717) is 18.6 Å². The van der Waals surface area contributed by atoms with Crippen LogP contribution in [0.1, 0.15) is 35.7 Å². The smallest absolute Gasteiger partial charge is 0.377 e. The number of ether oxygens (including phenoxy) is 1. The van der Waals surface area contributed by atoms with Crippen LogP contribution in [0.3, 0.4) is 0 Å². The summed E-state index contributed by atoms with van der Waals surface area (Å²) in [5.74, 6) is -0.361. The predicted molar refractivity (Wildman–Crippen MR) is 63.9 cm³/mol. The largest absolute Gasteiger partial charge is 0.416 e. The first-order chi connectivity index (χ1) is 8.93. The van der Waals surface area contributed by atoms with Crippen LogP contribution >= 0.6 is 0 Å². The first-order valence-electron chi connectivity index (χ1n) is 6.26. The average Bonchev–Trinajstić information content (AvgIpc) is 2.85. The van der Waals surface area contributed by atoms with Crippen LogP contribution in [0.15, 0.2) is 24.3 Å². The van der Waals surface area contributed by atoms with E-state index in [0.717, 1.165) is 18.6 Å². The number of alkyl halides is 3. The highest BCUT2D eigenvalue weighted by atomic mass is 19.4. The Morgan fingerprint density at radius 3 is 2.47 bits per heavy atom. The molecule has 1 aromatic rings. The summed E-state index contributed by atoms with van der Waals surface area (Å²) in [6.45, 7) is 2.47. The number of benzene rings is 1. The lowest BCUT2D eigenvalue weighted by Crippen LogP contribution is -2.23. The van der Waals surface area contributed by atoms with Gasteiger partial charge in [0.2, 0.25) is 0 Å². The molecule has 1 heterocycles. The highest BCUT2D eigenvalue weighted by molar-refractivity contribution is 5.98. The van der Waals surface area contributed by atoms with Gasteiger partial charge in [0.05, 0.1) is 17.6 Å². The summed E-state index contributed by atoms with van der Waals surface area (Å²) in [6, 6.07) is 4.39. The number of halogens is 3. The molecule has 0 radical (unpaired) electrons. The molecule has 2 rings (SSSR count). The van der Waals surface area contributed by atoms with Crippen LogP contribution in [0, 0.1) is 5.92 Å². The summed E-state index contributed by atoms with van der Waals surface area (Å²) < 4.78 is 42.7. The molecule has 0 saturated carbocycles. The topological polar surface area (TPSA) is 26.3 Å². The zero-order valence-corrected chi connectivity index (χ0v) is 10.5. The standard InChI is InChI=1S/C14H15F3O2/c1-2-12-11(7-8-19-12)13(18)9-3-5-10(6-4-9)14(15,16)17/h3-6,11-12H,2,7-8H2,1H3. The van der Waals surface area contributed by atoms with Crippen LogP contribution in [0.4, 0.5) is 13.2 Å². The molecule has 5 heteroatoms. The van der Waals surface area contributed by atoms with Gasteiger partial charge in [-0.1, -0.05) is 19.1 Å². The number of carbonyl (C=O) groups excluding carboxylic acids is 1. The predicted octanol–water partition coefficient (Wildman–Crippen LogP) is 3.70. The van der Waals surface area contributed by atoms with Crippen LogP contribution in [0.2, 0.25) is 0 Å². The van der Waals surface area contributed by atoms with Gasteiger partial charge in [-0.05, 0) is 25.0 Å². The maximum atomic E-state index is 12.4. The summed E-state index contributed by atoms with van der Waals surface area (Å²) in [4.78, 5) is 12.2. The molecule has 1 aliphatic heterocycles. The van der Waals surface area contributed by atoms with E-state index >= 15 is 0 Å². The van der Waals surface area contributed by atoms with E-state index in [1.807, 2.05) is 6.92 Å². The van der Waals surface area contributed by atoms with Gasteiger partial charge in [0.25, 0.3) is 0 Å². The minimum atomic E-state index is -4.37. The molecule has 1 fully saturated rings. The zero-order valence-electron chi connectivity index (χ0n) is 10.5. The van der Waals surface area contributed by atoms with Gasteiger partial charge in [0.15, 0.2) is 5.78 Å². The third-order valence-electron chi connectivity index (χ3n) is 3.45. The summed E-state index contributed by atoms with van der Waals surface area (Å²) in [6.07, 6.45) is -3.12. The van der Waals surface area contributed by atoms with Crippen LogP contribution in [-0.2, 0) is 10.9 Å². The van der Waals surface area contributed by atoms with Crippen LogP contribution in [0.25, 0.3) is 0 Å². The van der Waals surface area contributed by atoms with E-state index in [-0.39, 0.29) is 17.8 Å². The Hall–Kier alpha value is -1.36. The molecule has 0 aromatic heterocycles. The van der Waals surface area contributed by atoms with E-state index in [2.05, 4.69) is 0 Å². The first kappa shape index (κ1) is 14.1. The van der Waals surface area contributed by atoms with Crippen molar-refractivity contribution in [2.24, 2.45) is 5.92 Å². The molecule has 1 aromatic carbocycles. The van der Waals surface area contributed by atoms with E-state index in [1.54, 1.807) is 0 Å². The number of rotatable bonds is 3. The fourth-order valence-electron chi connectivity index (χ4n) is 2.39. The molecule has 2 atom stereocenters. The third kappa shape index (κ3) is 2.97. The molecule has 1 aliphatic rings. The van der Waals surface area contributed by atoms with Gasteiger partial charge in [-0.25, -0.2) is 0 Å². The zero-order chi connectivity index (χ0) is 14.0. The van der Waals surface area contributed by atoms with Crippen molar-refractivity contribution in [1.29, 1.82) is 0 Å². The fraction of sp³-hybridized carbons (Fsp3) is 0.500. The molecule has 0 aliphatic carbocycles. The molecule has 0 N–H and O–H groups in total. The lowest BCUT2D eigenvalue weighted by atomic mass is 9.90. The highest BCUT2D eigenvalue weighted by Crippen LogP contribution is 2.31. The summed E-state index contributed by atoms with van der Waals surface area (Å²) in [7, 11) is 0. The molecular formula is C14H15F3O2. The molecule has 2 unspecified atom stereocenters. The summed E-state index contributed by atoms with van der Waals surface area (Å²) in [5.41, 5.74) is -0.416. The third-order valence-corrected chi connectivity index (χ3v) is 3.45. The van der Waals surface area contributed by atoms with Crippen LogP contribution in [-0.4, -0.2) is 18.5 Å². The molecular weight excluding hydrogens is 257 g/mol. The van der Waals surface area contributed by atoms with Crippen molar-refractivity contribution in [3.63, 3.8) is 0 Å². The summed E-state index contributed by atoms with van der Waals surface area (Å²) >= 11 is 0. The van der Waals surface area contributed by atoms with Crippen molar-refractivity contribution in [2.75, 3.05) is 6.61 Å². The molecule has 1 saturated heterocycles. The molecule has 0 spiro atoms. The van der Waals surface area contributed by atoms with Crippen LogP contribution < -0.4 is 0 Å². The second kappa shape index (κ2) is 5.33. The lowest BCUT2D eigenvalue weighted by molar-refractivity contribution is -0.137. The van der Waals surface area contributed by atoms with Crippen molar-refractivity contribution >= 4 is 5.78 Å². The van der Waals surface area contributed by atoms with Gasteiger partial charge in [0, 0.05) is 12.2 Å². The Morgan fingerprint density at radius 1 is 1.32 bits per heavy atom. The Labute approximate surface area is 109 Å². The minimum absolute atomic E-state index is 0.116. The Balaban J connectivity index is 2.16. The van der Waals surface area contributed by atoms with E-state index in [1.165, 1.54) is 12.1 Å². The van der Waals surface area contributed by atoms with Gasteiger partial charge in [0.1, 0.15) is 0 Å². The maximum Gasteiger partial charge on any atom is 0.416 e. The molecule has 104 valence electrons. The van der Waals surface area contributed by atoms with Crippen molar-refractivity contribution in [3.05, 3.63) is 35.4 Å². The molecule has 0 amide bonds. The Kier molecular flexibility index (Phi) is 3.94. The normalized spacial score (nSPS) is 23.6. The monoisotopic (exact) mass is 272 g/mol. The van der Waals surface area contributed by atoms with Crippen LogP contribution in [0.5, 0.6) is 0 Å². The quantitative estimate of drug-likeness (QED) is 0.784. The molecule has 0 bridgehead atoms. The SMILES string of the molecule is CCC1OCCC1C(=O)c1ccc(C(F)(F)F)cc1. The minimum Gasteiger partial charge on any atom is -0.377 e. The van der Waals surface area contributed by atoms with Gasteiger partial charge >= 0.3 is 6.18 Å². The van der Waals surface area contributed by atoms with Gasteiger partial charge in [-0.2, -0.15) is 13.2 Å². The number of hydrogen-bond acceptors (Lipinski definition) is 2. The number of hydrogen-bond donors (Lipinski definition) is 0. The molecule has 2 nitrogen and oxygen atoms in total. The maximum absolute atomic E-state index is 12.4. The summed E-state index contributed by atoms with van der Waals surface area (Å²) in [5, 5.41) is 0. The highest BCUT2D eigenvalue weighted by Gasteiger charge is 2.34. The van der Waals surface area contributed by atoms with Gasteiger partial charge < -0.3 is 4.74 Å². The van der Waals surface area contributed by atoms with Gasteiger partial charge in [-0.3, -0.25) is 4.79 Å². The Bertz CT molecular complexity index is 451. The number of carbonyl (C=O) groups is 1. The Morgan fingerprint density at radius 2 is 1.95 bits per heavy atom.